The minimum absolute atomic E-state index is 0.259. The molecule has 1 nitrogen and oxygen atoms in total. The predicted molar refractivity (Wildman–Crippen MR) is 89.8 cm³/mol. The Morgan fingerprint density at radius 1 is 1.05 bits per heavy atom. The Balaban J connectivity index is 2.26. The lowest BCUT2D eigenvalue weighted by Gasteiger charge is -2.19. The maximum absolute atomic E-state index is 3.64. The third-order valence-corrected chi connectivity index (χ3v) is 4.26. The van der Waals surface area contributed by atoms with Gasteiger partial charge in [-0.3, -0.25) is 0 Å². The van der Waals surface area contributed by atoms with Crippen LogP contribution in [-0.4, -0.2) is 0 Å². The molecule has 0 saturated heterocycles. The molecule has 2 aromatic carbocycles. The first kappa shape index (κ1) is 14.6. The average Bonchev–Trinajstić information content (AvgIpc) is 2.33. The molecular weight excluding hydrogens is 366 g/mol. The highest BCUT2D eigenvalue weighted by Crippen LogP contribution is 2.31. The minimum atomic E-state index is 0.259. The van der Waals surface area contributed by atoms with Gasteiger partial charge in [-0.05, 0) is 71.6 Å². The van der Waals surface area contributed by atoms with Crippen LogP contribution in [0.4, 0.5) is 5.69 Å². The Morgan fingerprint density at radius 2 is 1.79 bits per heavy atom. The van der Waals surface area contributed by atoms with E-state index in [4.69, 9.17) is 0 Å². The van der Waals surface area contributed by atoms with E-state index in [0.717, 1.165) is 14.6 Å². The van der Waals surface area contributed by atoms with Crippen molar-refractivity contribution in [3.05, 3.63) is 62.0 Å². The monoisotopic (exact) mass is 381 g/mol. The standard InChI is InChI=1S/C16H17Br2N/c1-10-7-11(2)16(15(18)8-10)19-12(3)13-5-4-6-14(17)9-13/h4-9,12,19H,1-3H3. The molecule has 0 aliphatic carbocycles. The first-order valence-electron chi connectivity index (χ1n) is 6.26. The van der Waals surface area contributed by atoms with Gasteiger partial charge in [0.05, 0.1) is 5.69 Å². The molecule has 1 atom stereocenters. The molecule has 0 aromatic heterocycles. The molecule has 1 N–H and O–H groups in total. The lowest BCUT2D eigenvalue weighted by atomic mass is 10.1. The molecule has 2 rings (SSSR count). The molecule has 2 aromatic rings. The van der Waals surface area contributed by atoms with E-state index in [0.29, 0.717) is 0 Å². The summed E-state index contributed by atoms with van der Waals surface area (Å²) in [6, 6.07) is 13.0. The zero-order valence-corrected chi connectivity index (χ0v) is 14.5. The lowest BCUT2D eigenvalue weighted by Crippen LogP contribution is -2.08. The van der Waals surface area contributed by atoms with Gasteiger partial charge >= 0.3 is 0 Å². The van der Waals surface area contributed by atoms with Gasteiger partial charge in [0.15, 0.2) is 0 Å². The van der Waals surface area contributed by atoms with Gasteiger partial charge in [0.1, 0.15) is 0 Å². The number of nitrogens with one attached hydrogen (secondary N) is 1. The maximum Gasteiger partial charge on any atom is 0.0519 e. The van der Waals surface area contributed by atoms with Crippen molar-refractivity contribution >= 4 is 37.5 Å². The first-order chi connectivity index (χ1) is 8.97. The number of anilines is 1. The summed E-state index contributed by atoms with van der Waals surface area (Å²) in [4.78, 5) is 0. The van der Waals surface area contributed by atoms with Gasteiger partial charge in [-0.25, -0.2) is 0 Å². The van der Waals surface area contributed by atoms with Crippen LogP contribution in [0.15, 0.2) is 45.3 Å². The molecule has 100 valence electrons. The Hall–Kier alpha value is -0.800. The van der Waals surface area contributed by atoms with Crippen molar-refractivity contribution in [3.63, 3.8) is 0 Å². The fourth-order valence-electron chi connectivity index (χ4n) is 2.17. The van der Waals surface area contributed by atoms with Crippen molar-refractivity contribution in [1.29, 1.82) is 0 Å². The van der Waals surface area contributed by atoms with Gasteiger partial charge in [-0.2, -0.15) is 0 Å². The third kappa shape index (κ3) is 3.61. The molecule has 0 fully saturated rings. The summed E-state index contributed by atoms with van der Waals surface area (Å²) < 4.78 is 2.23. The summed E-state index contributed by atoms with van der Waals surface area (Å²) in [5, 5.41) is 3.58. The smallest absolute Gasteiger partial charge is 0.0519 e. The third-order valence-electron chi connectivity index (χ3n) is 3.14. The molecule has 0 spiro atoms. The van der Waals surface area contributed by atoms with Crippen molar-refractivity contribution in [2.75, 3.05) is 5.32 Å². The Labute approximate surface area is 131 Å². The number of benzene rings is 2. The van der Waals surface area contributed by atoms with E-state index in [2.05, 4.69) is 88.3 Å². The van der Waals surface area contributed by atoms with Gasteiger partial charge in [0, 0.05) is 15.0 Å². The molecule has 0 radical (unpaired) electrons. The highest BCUT2D eigenvalue weighted by atomic mass is 79.9. The minimum Gasteiger partial charge on any atom is -0.377 e. The summed E-state index contributed by atoms with van der Waals surface area (Å²) in [7, 11) is 0. The first-order valence-corrected chi connectivity index (χ1v) is 7.84. The van der Waals surface area contributed by atoms with Crippen molar-refractivity contribution in [3.8, 4) is 0 Å². The SMILES string of the molecule is Cc1cc(C)c(NC(C)c2cccc(Br)c2)c(Br)c1. The maximum atomic E-state index is 3.64. The molecule has 19 heavy (non-hydrogen) atoms. The summed E-state index contributed by atoms with van der Waals surface area (Å²) in [6.45, 7) is 6.42. The van der Waals surface area contributed by atoms with Crippen LogP contribution in [0.2, 0.25) is 0 Å². The highest BCUT2D eigenvalue weighted by Gasteiger charge is 2.10. The van der Waals surface area contributed by atoms with E-state index < -0.39 is 0 Å². The quantitative estimate of drug-likeness (QED) is 0.686. The van der Waals surface area contributed by atoms with Crippen LogP contribution in [-0.2, 0) is 0 Å². The molecule has 0 bridgehead atoms. The van der Waals surface area contributed by atoms with E-state index in [1.54, 1.807) is 0 Å². The zero-order chi connectivity index (χ0) is 14.0. The lowest BCUT2D eigenvalue weighted by molar-refractivity contribution is 0.880. The second-order valence-electron chi connectivity index (χ2n) is 4.86. The summed E-state index contributed by atoms with van der Waals surface area (Å²) in [5.41, 5.74) is 4.96. The molecule has 1 unspecified atom stereocenters. The van der Waals surface area contributed by atoms with Crippen LogP contribution in [0.1, 0.15) is 29.7 Å². The van der Waals surface area contributed by atoms with E-state index >= 15 is 0 Å². The van der Waals surface area contributed by atoms with Crippen LogP contribution in [0.5, 0.6) is 0 Å². The van der Waals surface area contributed by atoms with Crippen LogP contribution in [0.25, 0.3) is 0 Å². The fraction of sp³-hybridized carbons (Fsp3) is 0.250. The average molecular weight is 383 g/mol. The molecule has 0 aliphatic heterocycles. The van der Waals surface area contributed by atoms with E-state index in [-0.39, 0.29) is 6.04 Å². The Bertz CT molecular complexity index is 570. The molecular formula is C16H17Br2N. The van der Waals surface area contributed by atoms with Crippen molar-refractivity contribution in [1.82, 2.24) is 0 Å². The van der Waals surface area contributed by atoms with Crippen LogP contribution < -0.4 is 5.32 Å². The van der Waals surface area contributed by atoms with Crippen LogP contribution >= 0.6 is 31.9 Å². The molecule has 0 heterocycles. The number of hydrogen-bond acceptors (Lipinski definition) is 1. The summed E-state index contributed by atoms with van der Waals surface area (Å²) in [6.07, 6.45) is 0. The van der Waals surface area contributed by atoms with Gasteiger partial charge in [-0.15, -0.1) is 0 Å². The van der Waals surface area contributed by atoms with Gasteiger partial charge in [0.2, 0.25) is 0 Å². The van der Waals surface area contributed by atoms with E-state index in [1.807, 2.05) is 6.07 Å². The fourth-order valence-corrected chi connectivity index (χ4v) is 3.38. The van der Waals surface area contributed by atoms with Gasteiger partial charge < -0.3 is 5.32 Å². The molecule has 0 saturated carbocycles. The predicted octanol–water partition coefficient (Wildman–Crippen LogP) is 6.00. The van der Waals surface area contributed by atoms with Crippen molar-refractivity contribution in [2.45, 2.75) is 26.8 Å². The topological polar surface area (TPSA) is 12.0 Å². The Morgan fingerprint density at radius 3 is 2.42 bits per heavy atom. The molecule has 0 aliphatic rings. The second kappa shape index (κ2) is 6.10. The molecule has 0 amide bonds. The van der Waals surface area contributed by atoms with Crippen LogP contribution in [0.3, 0.4) is 0 Å². The van der Waals surface area contributed by atoms with Crippen molar-refractivity contribution in [2.24, 2.45) is 0 Å². The normalized spacial score (nSPS) is 12.3. The van der Waals surface area contributed by atoms with Gasteiger partial charge in [-0.1, -0.05) is 34.1 Å². The zero-order valence-electron chi connectivity index (χ0n) is 11.3. The second-order valence-corrected chi connectivity index (χ2v) is 6.63. The number of aryl methyl sites for hydroxylation is 2. The largest absolute Gasteiger partial charge is 0.377 e. The van der Waals surface area contributed by atoms with E-state index in [1.165, 1.54) is 16.7 Å². The highest BCUT2D eigenvalue weighted by molar-refractivity contribution is 9.10. The Kier molecular flexibility index (Phi) is 4.69. The molecule has 3 heteroatoms. The number of hydrogen-bond donors (Lipinski definition) is 1. The van der Waals surface area contributed by atoms with Crippen molar-refractivity contribution < 1.29 is 0 Å². The summed E-state index contributed by atoms with van der Waals surface area (Å²) in [5.74, 6) is 0. The number of rotatable bonds is 3. The van der Waals surface area contributed by atoms with Gasteiger partial charge in [0.25, 0.3) is 0 Å². The van der Waals surface area contributed by atoms with Crippen LogP contribution in [0, 0.1) is 13.8 Å². The van der Waals surface area contributed by atoms with E-state index in [9.17, 15) is 0 Å². The number of halogens is 2. The summed E-state index contributed by atoms with van der Waals surface area (Å²) >= 11 is 7.16.